The Labute approximate surface area is 129 Å². The van der Waals surface area contributed by atoms with E-state index in [-0.39, 0.29) is 17.8 Å². The number of rotatable bonds is 6. The molecule has 1 aromatic carbocycles. The van der Waals surface area contributed by atoms with Crippen molar-refractivity contribution in [1.82, 2.24) is 20.1 Å². The Morgan fingerprint density at radius 1 is 1.36 bits per heavy atom. The SMILES string of the molecule is CCC(Cc1ccccc1)C(C)NC(=O)c1nn(C)c(=O)[nH]1. The Morgan fingerprint density at radius 2 is 2.05 bits per heavy atom. The maximum atomic E-state index is 12.1. The first-order valence-corrected chi connectivity index (χ1v) is 7.49. The summed E-state index contributed by atoms with van der Waals surface area (Å²) in [6.45, 7) is 4.09. The Balaban J connectivity index is 2.01. The lowest BCUT2D eigenvalue weighted by Crippen LogP contribution is -2.39. The molecule has 2 N–H and O–H groups in total. The number of hydrogen-bond donors (Lipinski definition) is 2. The third-order valence-electron chi connectivity index (χ3n) is 3.92. The molecule has 118 valence electrons. The molecule has 2 aromatic rings. The number of aromatic amines is 1. The van der Waals surface area contributed by atoms with Gasteiger partial charge in [0.1, 0.15) is 0 Å². The van der Waals surface area contributed by atoms with Gasteiger partial charge in [-0.25, -0.2) is 9.48 Å². The van der Waals surface area contributed by atoms with Gasteiger partial charge in [0.2, 0.25) is 5.82 Å². The molecule has 0 fully saturated rings. The van der Waals surface area contributed by atoms with E-state index in [4.69, 9.17) is 0 Å². The van der Waals surface area contributed by atoms with E-state index in [0.717, 1.165) is 17.5 Å². The maximum absolute atomic E-state index is 12.1. The summed E-state index contributed by atoms with van der Waals surface area (Å²) < 4.78 is 1.11. The van der Waals surface area contributed by atoms with Crippen molar-refractivity contribution in [3.63, 3.8) is 0 Å². The van der Waals surface area contributed by atoms with Crippen LogP contribution in [-0.4, -0.2) is 26.7 Å². The number of hydrogen-bond acceptors (Lipinski definition) is 3. The van der Waals surface area contributed by atoms with E-state index in [0.29, 0.717) is 5.92 Å². The highest BCUT2D eigenvalue weighted by Gasteiger charge is 2.20. The molecule has 0 aliphatic rings. The van der Waals surface area contributed by atoms with Crippen LogP contribution in [-0.2, 0) is 13.5 Å². The second-order valence-corrected chi connectivity index (χ2v) is 5.52. The Kier molecular flexibility index (Phi) is 5.14. The van der Waals surface area contributed by atoms with Gasteiger partial charge in [0.05, 0.1) is 0 Å². The molecule has 2 unspecified atom stereocenters. The molecule has 0 aliphatic carbocycles. The normalized spacial score (nSPS) is 13.6. The van der Waals surface area contributed by atoms with Gasteiger partial charge in [-0.05, 0) is 24.8 Å². The molecule has 0 radical (unpaired) electrons. The Morgan fingerprint density at radius 3 is 2.59 bits per heavy atom. The van der Waals surface area contributed by atoms with Gasteiger partial charge < -0.3 is 5.32 Å². The van der Waals surface area contributed by atoms with Gasteiger partial charge in [0, 0.05) is 13.1 Å². The average Bonchev–Trinajstić information content (AvgIpc) is 2.85. The van der Waals surface area contributed by atoms with Crippen molar-refractivity contribution in [1.29, 1.82) is 0 Å². The molecule has 1 amide bonds. The number of benzene rings is 1. The van der Waals surface area contributed by atoms with E-state index in [2.05, 4.69) is 34.5 Å². The maximum Gasteiger partial charge on any atom is 0.343 e. The molecule has 1 heterocycles. The van der Waals surface area contributed by atoms with Crippen LogP contribution in [0.15, 0.2) is 35.1 Å². The lowest BCUT2D eigenvalue weighted by atomic mass is 9.91. The highest BCUT2D eigenvalue weighted by atomic mass is 16.2. The summed E-state index contributed by atoms with van der Waals surface area (Å²) in [6.07, 6.45) is 1.85. The number of H-pyrrole nitrogens is 1. The molecule has 0 spiro atoms. The molecular weight excluding hydrogens is 280 g/mol. The molecule has 6 heteroatoms. The highest BCUT2D eigenvalue weighted by molar-refractivity contribution is 5.90. The van der Waals surface area contributed by atoms with Crippen LogP contribution in [0.25, 0.3) is 0 Å². The van der Waals surface area contributed by atoms with E-state index in [1.54, 1.807) is 0 Å². The summed E-state index contributed by atoms with van der Waals surface area (Å²) in [5.41, 5.74) is 0.857. The molecule has 2 atom stereocenters. The minimum Gasteiger partial charge on any atom is -0.347 e. The summed E-state index contributed by atoms with van der Waals surface area (Å²) in [7, 11) is 1.50. The lowest BCUT2D eigenvalue weighted by Gasteiger charge is -2.23. The van der Waals surface area contributed by atoms with Crippen LogP contribution < -0.4 is 11.0 Å². The first-order valence-electron chi connectivity index (χ1n) is 7.49. The van der Waals surface area contributed by atoms with Crippen molar-refractivity contribution in [2.45, 2.75) is 32.7 Å². The summed E-state index contributed by atoms with van der Waals surface area (Å²) in [4.78, 5) is 25.9. The average molecular weight is 302 g/mol. The predicted molar refractivity (Wildman–Crippen MR) is 84.7 cm³/mol. The van der Waals surface area contributed by atoms with E-state index in [1.807, 2.05) is 25.1 Å². The number of nitrogens with zero attached hydrogens (tertiary/aromatic N) is 2. The van der Waals surface area contributed by atoms with Crippen LogP contribution in [0.3, 0.4) is 0 Å². The molecule has 6 nitrogen and oxygen atoms in total. The minimum absolute atomic E-state index is 0.0109. The molecular formula is C16H22N4O2. The second-order valence-electron chi connectivity index (χ2n) is 5.52. The zero-order chi connectivity index (χ0) is 16.1. The van der Waals surface area contributed by atoms with Crippen molar-refractivity contribution in [3.05, 3.63) is 52.2 Å². The monoisotopic (exact) mass is 302 g/mol. The largest absolute Gasteiger partial charge is 0.347 e. The van der Waals surface area contributed by atoms with Crippen LogP contribution in [0, 0.1) is 5.92 Å². The van der Waals surface area contributed by atoms with E-state index < -0.39 is 5.69 Å². The van der Waals surface area contributed by atoms with E-state index in [9.17, 15) is 9.59 Å². The van der Waals surface area contributed by atoms with Crippen molar-refractivity contribution in [2.75, 3.05) is 0 Å². The molecule has 22 heavy (non-hydrogen) atoms. The van der Waals surface area contributed by atoms with Gasteiger partial charge in [0.15, 0.2) is 0 Å². The summed E-state index contributed by atoms with van der Waals surface area (Å²) in [5.74, 6) is 0.0208. The van der Waals surface area contributed by atoms with Crippen LogP contribution in [0.1, 0.15) is 36.5 Å². The third-order valence-corrected chi connectivity index (χ3v) is 3.92. The standard InChI is InChI=1S/C16H22N4O2/c1-4-13(10-12-8-6-5-7-9-12)11(2)17-15(21)14-18-16(22)20(3)19-14/h5-9,11,13H,4,10H2,1-3H3,(H,17,21)(H,18,19,22). The number of carbonyl (C=O) groups is 1. The van der Waals surface area contributed by atoms with Crippen LogP contribution in [0.5, 0.6) is 0 Å². The van der Waals surface area contributed by atoms with Gasteiger partial charge in [-0.15, -0.1) is 5.10 Å². The Bertz CT molecular complexity index is 675. The topological polar surface area (TPSA) is 79.8 Å². The first kappa shape index (κ1) is 16.0. The van der Waals surface area contributed by atoms with Crippen molar-refractivity contribution >= 4 is 5.91 Å². The number of aromatic nitrogens is 3. The fourth-order valence-electron chi connectivity index (χ4n) is 2.49. The molecule has 2 rings (SSSR count). The fraction of sp³-hybridized carbons (Fsp3) is 0.438. The first-order chi connectivity index (χ1) is 10.5. The number of amides is 1. The van der Waals surface area contributed by atoms with Crippen LogP contribution in [0.4, 0.5) is 0 Å². The zero-order valence-electron chi connectivity index (χ0n) is 13.2. The molecule has 0 saturated carbocycles. The Hall–Kier alpha value is -2.37. The number of nitrogens with one attached hydrogen (secondary N) is 2. The second kappa shape index (κ2) is 7.06. The zero-order valence-corrected chi connectivity index (χ0v) is 13.2. The van der Waals surface area contributed by atoms with Gasteiger partial charge in [-0.1, -0.05) is 43.7 Å². The van der Waals surface area contributed by atoms with E-state index in [1.165, 1.54) is 12.6 Å². The molecule has 0 bridgehead atoms. The predicted octanol–water partition coefficient (Wildman–Crippen LogP) is 1.50. The quantitative estimate of drug-likeness (QED) is 0.848. The van der Waals surface area contributed by atoms with Crippen LogP contribution in [0.2, 0.25) is 0 Å². The van der Waals surface area contributed by atoms with Gasteiger partial charge >= 0.3 is 5.69 Å². The van der Waals surface area contributed by atoms with Gasteiger partial charge in [0.25, 0.3) is 5.91 Å². The number of aryl methyl sites for hydroxylation is 1. The van der Waals surface area contributed by atoms with Crippen molar-refractivity contribution in [3.8, 4) is 0 Å². The minimum atomic E-state index is -0.394. The summed E-state index contributed by atoms with van der Waals surface area (Å²) in [6, 6.07) is 10.2. The smallest absolute Gasteiger partial charge is 0.343 e. The lowest BCUT2D eigenvalue weighted by molar-refractivity contribution is 0.0915. The fourth-order valence-corrected chi connectivity index (χ4v) is 2.49. The molecule has 0 aliphatic heterocycles. The van der Waals surface area contributed by atoms with Crippen molar-refractivity contribution in [2.24, 2.45) is 13.0 Å². The summed E-state index contributed by atoms with van der Waals surface area (Å²) >= 11 is 0. The van der Waals surface area contributed by atoms with Gasteiger partial charge in [-0.2, -0.15) is 0 Å². The van der Waals surface area contributed by atoms with E-state index >= 15 is 0 Å². The number of carbonyl (C=O) groups excluding carboxylic acids is 1. The third kappa shape index (κ3) is 3.84. The molecule has 0 saturated heterocycles. The highest BCUT2D eigenvalue weighted by Crippen LogP contribution is 2.16. The van der Waals surface area contributed by atoms with Gasteiger partial charge in [-0.3, -0.25) is 9.78 Å². The van der Waals surface area contributed by atoms with Crippen molar-refractivity contribution < 1.29 is 4.79 Å². The molecule has 1 aromatic heterocycles. The van der Waals surface area contributed by atoms with Crippen LogP contribution >= 0.6 is 0 Å². The summed E-state index contributed by atoms with van der Waals surface area (Å²) in [5, 5.41) is 6.79.